The first-order valence-electron chi connectivity index (χ1n) is 9.87. The minimum absolute atomic E-state index is 0.132. The number of nitrogens with zero attached hydrogens (tertiary/aromatic N) is 3. The molecule has 1 aliphatic rings. The normalized spacial score (nSPS) is 15.9. The Morgan fingerprint density at radius 1 is 1.06 bits per heavy atom. The van der Waals surface area contributed by atoms with Crippen LogP contribution in [0.3, 0.4) is 0 Å². The highest BCUT2D eigenvalue weighted by molar-refractivity contribution is 9.10. The Bertz CT molecular complexity index is 1450. The first-order valence-corrected chi connectivity index (χ1v) is 10.7. The first-order chi connectivity index (χ1) is 14.9. The molecule has 31 heavy (non-hydrogen) atoms. The molecule has 1 unspecified atom stereocenters. The number of hydrogen-bond donors (Lipinski definition) is 1. The van der Waals surface area contributed by atoms with E-state index in [2.05, 4.69) is 20.5 Å². The summed E-state index contributed by atoms with van der Waals surface area (Å²) in [5, 5.41) is 10.5. The summed E-state index contributed by atoms with van der Waals surface area (Å²) in [4.78, 5) is 26.1. The Labute approximate surface area is 185 Å². The molecule has 5 rings (SSSR count). The molecule has 0 spiro atoms. The van der Waals surface area contributed by atoms with Crippen LogP contribution < -0.4 is 11.2 Å². The van der Waals surface area contributed by atoms with Crippen LogP contribution in [-0.4, -0.2) is 25.4 Å². The van der Waals surface area contributed by atoms with Crippen molar-refractivity contribution in [2.45, 2.75) is 12.6 Å². The van der Waals surface area contributed by atoms with E-state index in [1.807, 2.05) is 30.3 Å². The number of hydrogen-bond acceptors (Lipinski definition) is 4. The van der Waals surface area contributed by atoms with Crippen molar-refractivity contribution in [2.24, 2.45) is 14.1 Å². The number of aromatic nitrogens is 3. The van der Waals surface area contributed by atoms with Gasteiger partial charge in [-0.15, -0.1) is 0 Å². The van der Waals surface area contributed by atoms with Gasteiger partial charge in [0.15, 0.2) is 0 Å². The SMILES string of the molecule is Cn1c(=O)c2c(-c3ccc(Br)cc3)n3c(c2n(C)c1=O)C(c1cccc(O)c1)OCC3. The molecule has 4 aromatic rings. The fourth-order valence-corrected chi connectivity index (χ4v) is 4.69. The maximum Gasteiger partial charge on any atom is 0.331 e. The lowest BCUT2D eigenvalue weighted by atomic mass is 10.0. The van der Waals surface area contributed by atoms with Gasteiger partial charge in [0.25, 0.3) is 5.56 Å². The number of rotatable bonds is 2. The lowest BCUT2D eigenvalue weighted by Crippen LogP contribution is -2.37. The summed E-state index contributed by atoms with van der Waals surface area (Å²) in [5.41, 5.74) is 2.96. The largest absolute Gasteiger partial charge is 0.508 e. The zero-order valence-corrected chi connectivity index (χ0v) is 18.6. The highest BCUT2D eigenvalue weighted by atomic mass is 79.9. The van der Waals surface area contributed by atoms with E-state index in [4.69, 9.17) is 4.74 Å². The van der Waals surface area contributed by atoms with Crippen LogP contribution in [0.5, 0.6) is 5.75 Å². The molecule has 2 aromatic heterocycles. The standard InChI is InChI=1S/C23H20BrN3O4/c1-25-19-17(22(29)26(2)23(25)30)18(13-6-8-15(24)9-7-13)27-10-11-31-21(20(19)27)14-4-3-5-16(28)12-14/h3-9,12,21,28H,10-11H2,1-2H3. The molecule has 1 atom stereocenters. The average molecular weight is 482 g/mol. The fraction of sp³-hybridized carbons (Fsp3) is 0.217. The topological polar surface area (TPSA) is 78.4 Å². The molecule has 1 N–H and O–H groups in total. The molecular weight excluding hydrogens is 462 g/mol. The highest BCUT2D eigenvalue weighted by Crippen LogP contribution is 2.41. The van der Waals surface area contributed by atoms with Crippen molar-refractivity contribution in [2.75, 3.05) is 6.61 Å². The second-order valence-corrected chi connectivity index (χ2v) is 8.58. The van der Waals surface area contributed by atoms with Crippen LogP contribution in [0.4, 0.5) is 0 Å². The first kappa shape index (κ1) is 19.8. The van der Waals surface area contributed by atoms with Gasteiger partial charge in [-0.25, -0.2) is 4.79 Å². The summed E-state index contributed by atoms with van der Waals surface area (Å²) in [6.07, 6.45) is -0.523. The summed E-state index contributed by atoms with van der Waals surface area (Å²) in [7, 11) is 3.17. The maximum absolute atomic E-state index is 13.3. The van der Waals surface area contributed by atoms with Crippen LogP contribution in [0.15, 0.2) is 62.6 Å². The smallest absolute Gasteiger partial charge is 0.331 e. The number of benzene rings is 2. The molecule has 8 heteroatoms. The third kappa shape index (κ3) is 2.97. The number of aryl methyl sites for hydroxylation is 1. The van der Waals surface area contributed by atoms with Gasteiger partial charge in [0.05, 0.1) is 28.9 Å². The van der Waals surface area contributed by atoms with E-state index in [-0.39, 0.29) is 11.3 Å². The second-order valence-electron chi connectivity index (χ2n) is 7.67. The molecular formula is C23H20BrN3O4. The van der Waals surface area contributed by atoms with E-state index < -0.39 is 11.8 Å². The Morgan fingerprint density at radius 2 is 1.81 bits per heavy atom. The van der Waals surface area contributed by atoms with Gasteiger partial charge in [0, 0.05) is 25.1 Å². The Balaban J connectivity index is 1.94. The Hall–Kier alpha value is -3.10. The van der Waals surface area contributed by atoms with Crippen molar-refractivity contribution < 1.29 is 9.84 Å². The van der Waals surface area contributed by atoms with Crippen molar-refractivity contribution >= 4 is 26.8 Å². The number of phenols is 1. The number of phenolic OH excluding ortho intramolecular Hbond substituents is 1. The molecule has 1 aliphatic heterocycles. The van der Waals surface area contributed by atoms with Crippen molar-refractivity contribution in [3.8, 4) is 17.0 Å². The average Bonchev–Trinajstić information content (AvgIpc) is 3.12. The van der Waals surface area contributed by atoms with Gasteiger partial charge in [-0.1, -0.05) is 40.2 Å². The van der Waals surface area contributed by atoms with Crippen LogP contribution in [0.25, 0.3) is 22.2 Å². The molecule has 0 saturated carbocycles. The zero-order chi connectivity index (χ0) is 21.9. The quantitative estimate of drug-likeness (QED) is 0.476. The Kier molecular flexibility index (Phi) is 4.64. The molecule has 0 aliphatic carbocycles. The molecule has 0 bridgehead atoms. The lowest BCUT2D eigenvalue weighted by Gasteiger charge is -2.27. The van der Waals surface area contributed by atoms with Gasteiger partial charge in [0.2, 0.25) is 0 Å². The predicted molar refractivity (Wildman–Crippen MR) is 121 cm³/mol. The van der Waals surface area contributed by atoms with Crippen molar-refractivity contribution in [1.29, 1.82) is 0 Å². The third-order valence-corrected chi connectivity index (χ3v) is 6.37. The van der Waals surface area contributed by atoms with E-state index in [0.29, 0.717) is 24.1 Å². The van der Waals surface area contributed by atoms with Crippen molar-refractivity contribution in [1.82, 2.24) is 13.7 Å². The monoisotopic (exact) mass is 481 g/mol. The van der Waals surface area contributed by atoms with Gasteiger partial charge >= 0.3 is 5.69 Å². The van der Waals surface area contributed by atoms with Gasteiger partial charge in [-0.2, -0.15) is 0 Å². The number of halogens is 1. The van der Waals surface area contributed by atoms with Crippen LogP contribution in [-0.2, 0) is 25.4 Å². The van der Waals surface area contributed by atoms with Gasteiger partial charge < -0.3 is 14.4 Å². The number of fused-ring (bicyclic) bond motifs is 3. The molecule has 0 saturated heterocycles. The second kappa shape index (κ2) is 7.25. The van der Waals surface area contributed by atoms with E-state index in [1.165, 1.54) is 11.6 Å². The van der Waals surface area contributed by atoms with E-state index in [9.17, 15) is 14.7 Å². The fourth-order valence-electron chi connectivity index (χ4n) is 4.43. The van der Waals surface area contributed by atoms with Crippen LogP contribution in [0.2, 0.25) is 0 Å². The summed E-state index contributed by atoms with van der Waals surface area (Å²) in [6.45, 7) is 0.980. The van der Waals surface area contributed by atoms with Crippen molar-refractivity contribution in [3.63, 3.8) is 0 Å². The lowest BCUT2D eigenvalue weighted by molar-refractivity contribution is 0.0477. The zero-order valence-electron chi connectivity index (χ0n) is 17.0. The number of aromatic hydroxyl groups is 1. The molecule has 0 amide bonds. The summed E-state index contributed by atoms with van der Waals surface area (Å²) >= 11 is 3.47. The molecule has 3 heterocycles. The van der Waals surface area contributed by atoms with E-state index in [0.717, 1.165) is 31.6 Å². The van der Waals surface area contributed by atoms with Gasteiger partial charge in [-0.3, -0.25) is 13.9 Å². The highest BCUT2D eigenvalue weighted by Gasteiger charge is 2.33. The minimum atomic E-state index is -0.523. The molecule has 0 fully saturated rings. The summed E-state index contributed by atoms with van der Waals surface area (Å²) < 4.78 is 11.8. The van der Waals surface area contributed by atoms with E-state index in [1.54, 1.807) is 25.2 Å². The van der Waals surface area contributed by atoms with Gasteiger partial charge in [0.1, 0.15) is 11.9 Å². The van der Waals surface area contributed by atoms with Crippen LogP contribution >= 0.6 is 15.9 Å². The molecule has 158 valence electrons. The molecule has 2 aromatic carbocycles. The summed E-state index contributed by atoms with van der Waals surface area (Å²) in [5.74, 6) is 0.132. The number of ether oxygens (including phenoxy) is 1. The minimum Gasteiger partial charge on any atom is -0.508 e. The maximum atomic E-state index is 13.3. The third-order valence-electron chi connectivity index (χ3n) is 5.84. The van der Waals surface area contributed by atoms with Crippen molar-refractivity contribution in [3.05, 3.63) is 85.1 Å². The van der Waals surface area contributed by atoms with Crippen LogP contribution in [0, 0.1) is 0 Å². The summed E-state index contributed by atoms with van der Waals surface area (Å²) in [6, 6.07) is 14.6. The molecule has 0 radical (unpaired) electrons. The predicted octanol–water partition coefficient (Wildman–Crippen LogP) is 3.29. The molecule has 7 nitrogen and oxygen atoms in total. The van der Waals surface area contributed by atoms with E-state index >= 15 is 0 Å². The van der Waals surface area contributed by atoms with Gasteiger partial charge in [-0.05, 0) is 35.4 Å². The van der Waals surface area contributed by atoms with Crippen LogP contribution in [0.1, 0.15) is 17.4 Å². The Morgan fingerprint density at radius 3 is 2.52 bits per heavy atom.